The summed E-state index contributed by atoms with van der Waals surface area (Å²) >= 11 is 11.3. The van der Waals surface area contributed by atoms with E-state index in [1.165, 1.54) is 12.1 Å². The fourth-order valence-electron chi connectivity index (χ4n) is 1.95. The van der Waals surface area contributed by atoms with Crippen LogP contribution >= 0.6 is 23.2 Å². The van der Waals surface area contributed by atoms with E-state index in [0.717, 1.165) is 19.4 Å². The van der Waals surface area contributed by atoms with Crippen molar-refractivity contribution in [2.45, 2.75) is 12.8 Å². The van der Waals surface area contributed by atoms with Gasteiger partial charge in [-0.2, -0.15) is 0 Å². The smallest absolute Gasteiger partial charge is 0.228 e. The zero-order chi connectivity index (χ0) is 13.1. The van der Waals surface area contributed by atoms with Gasteiger partial charge in [-0.1, -0.05) is 23.2 Å². The van der Waals surface area contributed by atoms with Crippen LogP contribution in [0.4, 0.5) is 10.1 Å². The Hall–Kier alpha value is -0.840. The Morgan fingerprint density at radius 1 is 1.39 bits per heavy atom. The third-order valence-corrected chi connectivity index (χ3v) is 3.47. The lowest BCUT2D eigenvalue weighted by Crippen LogP contribution is -2.37. The highest BCUT2D eigenvalue weighted by molar-refractivity contribution is 6.35. The molecule has 0 unspecified atom stereocenters. The van der Waals surface area contributed by atoms with Gasteiger partial charge < -0.3 is 10.6 Å². The molecule has 1 amide bonds. The predicted octanol–water partition coefficient (Wildman–Crippen LogP) is 3.07. The van der Waals surface area contributed by atoms with E-state index in [0.29, 0.717) is 12.2 Å². The summed E-state index contributed by atoms with van der Waals surface area (Å²) in [6, 6.07) is 2.72. The van der Waals surface area contributed by atoms with Crippen LogP contribution in [0.15, 0.2) is 12.1 Å². The first-order valence-corrected chi connectivity index (χ1v) is 6.49. The topological polar surface area (TPSA) is 41.1 Å². The van der Waals surface area contributed by atoms with Gasteiger partial charge in [0.25, 0.3) is 0 Å². The number of benzene rings is 1. The van der Waals surface area contributed by atoms with Crippen molar-refractivity contribution in [1.29, 1.82) is 0 Å². The Bertz CT molecular complexity index is 438. The second-order valence-electron chi connectivity index (χ2n) is 4.29. The highest BCUT2D eigenvalue weighted by atomic mass is 35.5. The van der Waals surface area contributed by atoms with Gasteiger partial charge in [0.1, 0.15) is 0 Å². The van der Waals surface area contributed by atoms with Crippen molar-refractivity contribution in [3.05, 3.63) is 28.0 Å². The molecule has 1 fully saturated rings. The Balaban J connectivity index is 2.06. The number of carbonyl (C=O) groups is 1. The maximum absolute atomic E-state index is 13.2. The minimum Gasteiger partial charge on any atom is -0.326 e. The van der Waals surface area contributed by atoms with Crippen molar-refractivity contribution in [1.82, 2.24) is 5.32 Å². The lowest BCUT2D eigenvalue weighted by Gasteiger charge is -2.22. The van der Waals surface area contributed by atoms with Gasteiger partial charge in [0.15, 0.2) is 5.82 Å². The van der Waals surface area contributed by atoms with E-state index in [4.69, 9.17) is 23.2 Å². The fourth-order valence-corrected chi connectivity index (χ4v) is 2.43. The average Bonchev–Trinajstić information content (AvgIpc) is 2.37. The summed E-state index contributed by atoms with van der Waals surface area (Å²) < 4.78 is 13.2. The summed E-state index contributed by atoms with van der Waals surface area (Å²) in [7, 11) is 0. The molecule has 0 bridgehead atoms. The quantitative estimate of drug-likeness (QED) is 0.822. The molecule has 6 heteroatoms. The maximum Gasteiger partial charge on any atom is 0.228 e. The number of hydrogen-bond donors (Lipinski definition) is 2. The minimum atomic E-state index is -0.671. The second kappa shape index (κ2) is 5.87. The van der Waals surface area contributed by atoms with Crippen LogP contribution in [0.5, 0.6) is 0 Å². The molecule has 0 spiro atoms. The zero-order valence-electron chi connectivity index (χ0n) is 9.60. The first kappa shape index (κ1) is 13.6. The first-order valence-electron chi connectivity index (χ1n) is 5.74. The largest absolute Gasteiger partial charge is 0.326 e. The Labute approximate surface area is 115 Å². The van der Waals surface area contributed by atoms with Crippen LogP contribution in [-0.4, -0.2) is 19.0 Å². The van der Waals surface area contributed by atoms with Crippen LogP contribution in [0.1, 0.15) is 12.8 Å². The van der Waals surface area contributed by atoms with E-state index in [-0.39, 0.29) is 21.9 Å². The summed E-state index contributed by atoms with van der Waals surface area (Å²) in [4.78, 5) is 11.9. The molecule has 98 valence electrons. The van der Waals surface area contributed by atoms with Crippen LogP contribution in [0.25, 0.3) is 0 Å². The van der Waals surface area contributed by atoms with E-state index < -0.39 is 5.82 Å². The highest BCUT2D eigenvalue weighted by Gasteiger charge is 2.21. The molecule has 18 heavy (non-hydrogen) atoms. The molecule has 0 aliphatic carbocycles. The van der Waals surface area contributed by atoms with Crippen molar-refractivity contribution in [3.8, 4) is 0 Å². The Morgan fingerprint density at radius 2 is 2.06 bits per heavy atom. The standard InChI is InChI=1S/C12H13Cl2FN2O/c13-9-4-8(5-10(14)11(9)15)17-12(18)7-2-1-3-16-6-7/h4-5,7,16H,1-3,6H2,(H,17,18)/t7-/m0/s1. The summed E-state index contributed by atoms with van der Waals surface area (Å²) in [5.41, 5.74) is 0.418. The minimum absolute atomic E-state index is 0.0682. The summed E-state index contributed by atoms with van der Waals surface area (Å²) in [6.07, 6.45) is 1.82. The molecular weight excluding hydrogens is 278 g/mol. The lowest BCUT2D eigenvalue weighted by molar-refractivity contribution is -0.120. The van der Waals surface area contributed by atoms with Crippen LogP contribution < -0.4 is 10.6 Å². The molecular formula is C12H13Cl2FN2O. The Morgan fingerprint density at radius 3 is 2.61 bits per heavy atom. The van der Waals surface area contributed by atoms with Crippen molar-refractivity contribution in [2.75, 3.05) is 18.4 Å². The third-order valence-electron chi connectivity index (χ3n) is 2.92. The van der Waals surface area contributed by atoms with Crippen molar-refractivity contribution in [2.24, 2.45) is 5.92 Å². The van der Waals surface area contributed by atoms with Gasteiger partial charge in [0, 0.05) is 12.2 Å². The van der Waals surface area contributed by atoms with E-state index in [1.54, 1.807) is 0 Å². The highest BCUT2D eigenvalue weighted by Crippen LogP contribution is 2.27. The van der Waals surface area contributed by atoms with Gasteiger partial charge in [-0.25, -0.2) is 4.39 Å². The van der Waals surface area contributed by atoms with Gasteiger partial charge in [-0.05, 0) is 31.5 Å². The van der Waals surface area contributed by atoms with E-state index in [9.17, 15) is 9.18 Å². The van der Waals surface area contributed by atoms with Crippen molar-refractivity contribution in [3.63, 3.8) is 0 Å². The molecule has 1 heterocycles. The van der Waals surface area contributed by atoms with Crippen molar-refractivity contribution < 1.29 is 9.18 Å². The second-order valence-corrected chi connectivity index (χ2v) is 5.10. The summed E-state index contributed by atoms with van der Waals surface area (Å²) in [5.74, 6) is -0.835. The van der Waals surface area contributed by atoms with Gasteiger partial charge in [-0.3, -0.25) is 4.79 Å². The maximum atomic E-state index is 13.2. The molecule has 2 N–H and O–H groups in total. The zero-order valence-corrected chi connectivity index (χ0v) is 11.1. The lowest BCUT2D eigenvalue weighted by atomic mass is 9.99. The normalized spacial score (nSPS) is 19.6. The van der Waals surface area contributed by atoms with E-state index in [1.807, 2.05) is 0 Å². The molecule has 1 aromatic carbocycles. The first-order chi connectivity index (χ1) is 8.58. The molecule has 1 aliphatic rings. The van der Waals surface area contributed by atoms with E-state index >= 15 is 0 Å². The monoisotopic (exact) mass is 290 g/mol. The molecule has 1 saturated heterocycles. The van der Waals surface area contributed by atoms with Crippen LogP contribution in [0.2, 0.25) is 10.0 Å². The number of carbonyl (C=O) groups excluding carboxylic acids is 1. The fraction of sp³-hybridized carbons (Fsp3) is 0.417. The van der Waals surface area contributed by atoms with Gasteiger partial charge >= 0.3 is 0 Å². The number of nitrogens with one attached hydrogen (secondary N) is 2. The average molecular weight is 291 g/mol. The number of rotatable bonds is 2. The SMILES string of the molecule is O=C(Nc1cc(Cl)c(F)c(Cl)c1)[C@H]1CCCNC1. The molecule has 0 radical (unpaired) electrons. The van der Waals surface area contributed by atoms with Gasteiger partial charge in [0.05, 0.1) is 16.0 Å². The molecule has 1 aromatic rings. The number of hydrogen-bond acceptors (Lipinski definition) is 2. The molecule has 0 aromatic heterocycles. The summed E-state index contributed by atoms with van der Waals surface area (Å²) in [6.45, 7) is 1.60. The van der Waals surface area contributed by atoms with Gasteiger partial charge in [-0.15, -0.1) is 0 Å². The number of piperidine rings is 1. The number of amides is 1. The molecule has 1 atom stereocenters. The van der Waals surface area contributed by atoms with Gasteiger partial charge in [0.2, 0.25) is 5.91 Å². The predicted molar refractivity (Wildman–Crippen MR) is 70.6 cm³/mol. The summed E-state index contributed by atoms with van der Waals surface area (Å²) in [5, 5.41) is 5.67. The molecule has 3 nitrogen and oxygen atoms in total. The van der Waals surface area contributed by atoms with E-state index in [2.05, 4.69) is 10.6 Å². The Kier molecular flexibility index (Phi) is 4.43. The van der Waals surface area contributed by atoms with Crippen LogP contribution in [-0.2, 0) is 4.79 Å². The third kappa shape index (κ3) is 3.13. The number of anilines is 1. The van der Waals surface area contributed by atoms with Crippen LogP contribution in [0.3, 0.4) is 0 Å². The number of halogens is 3. The molecule has 0 saturated carbocycles. The molecule has 1 aliphatic heterocycles. The van der Waals surface area contributed by atoms with Crippen molar-refractivity contribution >= 4 is 34.8 Å². The van der Waals surface area contributed by atoms with Crippen LogP contribution in [0, 0.1) is 11.7 Å². The molecule has 2 rings (SSSR count).